The van der Waals surface area contributed by atoms with Gasteiger partial charge in [0.1, 0.15) is 0 Å². The van der Waals surface area contributed by atoms with Gasteiger partial charge in [-0.3, -0.25) is 14.5 Å². The van der Waals surface area contributed by atoms with Crippen LogP contribution in [0.5, 0.6) is 0 Å². The van der Waals surface area contributed by atoms with E-state index in [1.807, 2.05) is 67.3 Å². The molecule has 0 spiro atoms. The third-order valence-corrected chi connectivity index (χ3v) is 5.86. The first-order valence-corrected chi connectivity index (χ1v) is 13.3. The number of hydrogen-bond donors (Lipinski definition) is 4. The van der Waals surface area contributed by atoms with Crippen LogP contribution in [0.15, 0.2) is 65.5 Å². The van der Waals surface area contributed by atoms with E-state index in [0.717, 1.165) is 22.4 Å². The van der Waals surface area contributed by atoms with Gasteiger partial charge in [-0.05, 0) is 43.5 Å². The molecule has 0 aliphatic heterocycles. The third kappa shape index (κ3) is 12.2. The molecule has 2 atom stereocenters. The van der Waals surface area contributed by atoms with E-state index in [4.69, 9.17) is 14.9 Å². The first-order chi connectivity index (χ1) is 19.1. The lowest BCUT2D eigenvalue weighted by molar-refractivity contribution is -0.142. The van der Waals surface area contributed by atoms with E-state index < -0.39 is 12.2 Å². The number of aryl methyl sites for hydroxylation is 2. The summed E-state index contributed by atoms with van der Waals surface area (Å²) in [7, 11) is 0. The maximum Gasteiger partial charge on any atom is 0.310 e. The highest BCUT2D eigenvalue weighted by Crippen LogP contribution is 2.09. The fraction of sp³-hybridized carbons (Fsp3) is 0.433. The van der Waals surface area contributed by atoms with Gasteiger partial charge in [0.05, 0.1) is 50.7 Å². The minimum absolute atomic E-state index is 0.142. The van der Waals surface area contributed by atoms with Crippen LogP contribution in [0, 0.1) is 13.8 Å². The number of carbonyl (C=O) groups is 1. The standard InChI is InChI=1S/C16H18N2O3.C14H23NO4/c1-3-21-16(20)10-13-5-4-6-14(9-13)11-18-15(19)8-7-12(2)17-18;1-11-2-4-12(5-3-11)6-15(7-13(18)9-16)8-14(19)10-17/h4-9H,3,10-11H2,1-2H3;2-5,13-14,16-19H,6-10H2,1H3. The van der Waals surface area contributed by atoms with Gasteiger partial charge in [-0.25, -0.2) is 4.68 Å². The van der Waals surface area contributed by atoms with Crippen molar-refractivity contribution in [3.63, 3.8) is 0 Å². The smallest absolute Gasteiger partial charge is 0.310 e. The molecule has 1 heterocycles. The van der Waals surface area contributed by atoms with E-state index in [9.17, 15) is 19.8 Å². The first kappa shape index (κ1) is 32.8. The van der Waals surface area contributed by atoms with Crippen LogP contribution in [-0.4, -0.2) is 86.2 Å². The Hall–Kier alpha value is -3.41. The fourth-order valence-corrected chi connectivity index (χ4v) is 3.92. The Bertz CT molecular complexity index is 1220. The van der Waals surface area contributed by atoms with E-state index in [0.29, 0.717) is 19.7 Å². The van der Waals surface area contributed by atoms with Crippen molar-refractivity contribution >= 4 is 5.97 Å². The number of ether oxygens (including phenoxy) is 1. The number of aromatic nitrogens is 2. The topological polar surface area (TPSA) is 145 Å². The minimum atomic E-state index is -0.851. The number of aliphatic hydroxyl groups excluding tert-OH is 4. The molecule has 0 aliphatic rings. The zero-order valence-corrected chi connectivity index (χ0v) is 23.4. The first-order valence-electron chi connectivity index (χ1n) is 13.3. The summed E-state index contributed by atoms with van der Waals surface area (Å²) >= 11 is 0. The van der Waals surface area contributed by atoms with E-state index in [1.165, 1.54) is 16.3 Å². The van der Waals surface area contributed by atoms with Crippen molar-refractivity contribution in [2.45, 2.75) is 52.5 Å². The maximum atomic E-state index is 11.7. The molecule has 10 nitrogen and oxygen atoms in total. The number of benzene rings is 2. The maximum absolute atomic E-state index is 11.7. The van der Waals surface area contributed by atoms with Gasteiger partial charge in [0.25, 0.3) is 5.56 Å². The van der Waals surface area contributed by atoms with Crippen molar-refractivity contribution in [3.05, 3.63) is 99.0 Å². The van der Waals surface area contributed by atoms with E-state index in [1.54, 1.807) is 13.0 Å². The van der Waals surface area contributed by atoms with Crippen LogP contribution in [0.1, 0.15) is 34.9 Å². The van der Waals surface area contributed by atoms with Crippen LogP contribution in [-0.2, 0) is 29.0 Å². The van der Waals surface area contributed by atoms with Gasteiger partial charge in [-0.1, -0.05) is 54.1 Å². The van der Waals surface area contributed by atoms with Crippen molar-refractivity contribution < 1.29 is 30.0 Å². The number of aliphatic hydroxyl groups is 4. The van der Waals surface area contributed by atoms with Gasteiger partial charge in [0.2, 0.25) is 0 Å². The average Bonchev–Trinajstić information content (AvgIpc) is 2.92. The lowest BCUT2D eigenvalue weighted by Crippen LogP contribution is -2.39. The Kier molecular flexibility index (Phi) is 14.2. The van der Waals surface area contributed by atoms with Crippen LogP contribution >= 0.6 is 0 Å². The molecule has 0 saturated carbocycles. The second-order valence-electron chi connectivity index (χ2n) is 9.62. The van der Waals surface area contributed by atoms with Crippen molar-refractivity contribution in [3.8, 4) is 0 Å². The molecule has 0 saturated heterocycles. The second kappa shape index (κ2) is 17.3. The van der Waals surface area contributed by atoms with Gasteiger partial charge in [0, 0.05) is 25.7 Å². The third-order valence-electron chi connectivity index (χ3n) is 5.86. The number of carbonyl (C=O) groups excluding carboxylic acids is 1. The lowest BCUT2D eigenvalue weighted by Gasteiger charge is -2.26. The molecule has 0 amide bonds. The Labute approximate surface area is 235 Å². The van der Waals surface area contributed by atoms with Crippen LogP contribution in [0.4, 0.5) is 0 Å². The molecular formula is C30H41N3O7. The van der Waals surface area contributed by atoms with Crippen molar-refractivity contribution in [1.29, 1.82) is 0 Å². The van der Waals surface area contributed by atoms with Gasteiger partial charge < -0.3 is 25.2 Å². The summed E-state index contributed by atoms with van der Waals surface area (Å²) in [4.78, 5) is 25.1. The largest absolute Gasteiger partial charge is 0.466 e. The van der Waals surface area contributed by atoms with E-state index in [-0.39, 0.29) is 44.3 Å². The minimum Gasteiger partial charge on any atom is -0.466 e. The van der Waals surface area contributed by atoms with E-state index in [2.05, 4.69) is 5.10 Å². The van der Waals surface area contributed by atoms with E-state index >= 15 is 0 Å². The van der Waals surface area contributed by atoms with Gasteiger partial charge in [0.15, 0.2) is 0 Å². The zero-order valence-electron chi connectivity index (χ0n) is 23.4. The lowest BCUT2D eigenvalue weighted by atomic mass is 10.1. The Morgan fingerprint density at radius 2 is 1.55 bits per heavy atom. The molecule has 2 aromatic carbocycles. The molecule has 4 N–H and O–H groups in total. The number of hydrogen-bond acceptors (Lipinski definition) is 9. The van der Waals surface area contributed by atoms with Gasteiger partial charge >= 0.3 is 5.97 Å². The monoisotopic (exact) mass is 555 g/mol. The number of nitrogens with zero attached hydrogens (tertiary/aromatic N) is 3. The van der Waals surface area contributed by atoms with Crippen molar-refractivity contribution in [1.82, 2.24) is 14.7 Å². The van der Waals surface area contributed by atoms with Crippen molar-refractivity contribution in [2.24, 2.45) is 0 Å². The summed E-state index contributed by atoms with van der Waals surface area (Å²) in [5, 5.41) is 41.0. The summed E-state index contributed by atoms with van der Waals surface area (Å²) < 4.78 is 6.35. The molecule has 0 bridgehead atoms. The molecule has 0 radical (unpaired) electrons. The van der Waals surface area contributed by atoms with Crippen LogP contribution < -0.4 is 5.56 Å². The number of esters is 1. The molecule has 2 unspecified atom stereocenters. The zero-order chi connectivity index (χ0) is 29.5. The summed E-state index contributed by atoms with van der Waals surface area (Å²) in [6.07, 6.45) is -1.47. The Morgan fingerprint density at radius 3 is 2.15 bits per heavy atom. The SMILES string of the molecule is CCOC(=O)Cc1cccc(Cn2nc(C)ccc2=O)c1.Cc1ccc(CN(CC(O)CO)CC(O)CO)cc1. The Morgan fingerprint density at radius 1 is 0.925 bits per heavy atom. The highest BCUT2D eigenvalue weighted by atomic mass is 16.5. The molecule has 0 aliphatic carbocycles. The molecule has 3 aromatic rings. The molecule has 0 fully saturated rings. The average molecular weight is 556 g/mol. The highest BCUT2D eigenvalue weighted by molar-refractivity contribution is 5.72. The molecule has 218 valence electrons. The predicted octanol–water partition coefficient (Wildman–Crippen LogP) is 1.21. The molecule has 1 aromatic heterocycles. The van der Waals surface area contributed by atoms with Crippen LogP contribution in [0.25, 0.3) is 0 Å². The van der Waals surface area contributed by atoms with Crippen LogP contribution in [0.3, 0.4) is 0 Å². The molecule has 3 rings (SSSR count). The summed E-state index contributed by atoms with van der Waals surface area (Å²) in [6, 6.07) is 18.7. The second-order valence-corrected chi connectivity index (χ2v) is 9.62. The number of rotatable bonds is 13. The summed E-state index contributed by atoms with van der Waals surface area (Å²) in [6.45, 7) is 6.80. The van der Waals surface area contributed by atoms with Gasteiger partial charge in [-0.2, -0.15) is 5.10 Å². The Balaban J connectivity index is 0.000000282. The van der Waals surface area contributed by atoms with Crippen LogP contribution in [0.2, 0.25) is 0 Å². The summed E-state index contributed by atoms with van der Waals surface area (Å²) in [5.74, 6) is -0.250. The highest BCUT2D eigenvalue weighted by Gasteiger charge is 2.15. The quantitative estimate of drug-likeness (QED) is 0.229. The molecule has 40 heavy (non-hydrogen) atoms. The van der Waals surface area contributed by atoms with Gasteiger partial charge in [-0.15, -0.1) is 0 Å². The molecule has 10 heteroatoms. The fourth-order valence-electron chi connectivity index (χ4n) is 3.92. The van der Waals surface area contributed by atoms with Crippen molar-refractivity contribution in [2.75, 3.05) is 32.9 Å². The predicted molar refractivity (Wildman–Crippen MR) is 152 cm³/mol. The molecular weight excluding hydrogens is 514 g/mol. The summed E-state index contributed by atoms with van der Waals surface area (Å²) in [5.41, 5.74) is 4.67. The normalized spacial score (nSPS) is 12.4.